The number of carbonyl (C=O) groups excluding carboxylic acids is 1. The summed E-state index contributed by atoms with van der Waals surface area (Å²) < 4.78 is 23.8. The summed E-state index contributed by atoms with van der Waals surface area (Å²) in [5.41, 5.74) is 5.40. The summed E-state index contributed by atoms with van der Waals surface area (Å²) in [6.07, 6.45) is 2.98. The van der Waals surface area contributed by atoms with Crippen LogP contribution in [0.15, 0.2) is 0 Å². The highest BCUT2D eigenvalue weighted by atomic mass is 32.2. The molecular formula is C12H26N2O3S. The number of hydrogen-bond acceptors (Lipinski definition) is 4. The fraction of sp³-hybridized carbons (Fsp3) is 0.917. The van der Waals surface area contributed by atoms with Crippen LogP contribution in [0.2, 0.25) is 0 Å². The van der Waals surface area contributed by atoms with E-state index in [-0.39, 0.29) is 11.7 Å². The molecule has 0 aromatic rings. The summed E-state index contributed by atoms with van der Waals surface area (Å²) in [5, 5.41) is 1.67. The summed E-state index contributed by atoms with van der Waals surface area (Å²) in [7, 11) is -3.41. The van der Waals surface area contributed by atoms with E-state index in [9.17, 15) is 13.2 Å². The highest BCUT2D eigenvalue weighted by molar-refractivity contribution is 7.92. The topological polar surface area (TPSA) is 89.3 Å². The normalized spacial score (nSPS) is 15.1. The number of carbonyl (C=O) groups is 1. The molecule has 0 saturated carbocycles. The third-order valence-electron chi connectivity index (χ3n) is 2.91. The van der Waals surface area contributed by atoms with Crippen LogP contribution in [0.5, 0.6) is 0 Å². The molecule has 0 radical (unpaired) electrons. The molecule has 0 fully saturated rings. The molecule has 0 aromatic heterocycles. The zero-order chi connectivity index (χ0) is 14.2. The lowest BCUT2D eigenvalue weighted by Gasteiger charge is -2.15. The van der Waals surface area contributed by atoms with E-state index >= 15 is 0 Å². The van der Waals surface area contributed by atoms with Crippen LogP contribution in [-0.4, -0.2) is 38.4 Å². The summed E-state index contributed by atoms with van der Waals surface area (Å²) in [5.74, 6) is -0.562. The third-order valence-corrected chi connectivity index (χ3v) is 5.23. The van der Waals surface area contributed by atoms with Crippen molar-refractivity contribution in [2.75, 3.05) is 18.8 Å². The van der Waals surface area contributed by atoms with Crippen LogP contribution in [0.25, 0.3) is 0 Å². The molecule has 0 aliphatic carbocycles. The molecule has 18 heavy (non-hydrogen) atoms. The zero-order valence-electron chi connectivity index (χ0n) is 11.6. The fourth-order valence-electron chi connectivity index (χ4n) is 1.50. The van der Waals surface area contributed by atoms with Gasteiger partial charge in [0.25, 0.3) is 0 Å². The second-order valence-electron chi connectivity index (χ2n) is 4.81. The van der Waals surface area contributed by atoms with E-state index in [2.05, 4.69) is 12.2 Å². The van der Waals surface area contributed by atoms with Crippen molar-refractivity contribution in [2.45, 2.75) is 45.3 Å². The number of nitrogens with two attached hydrogens (primary N) is 1. The Morgan fingerprint density at radius 2 is 1.89 bits per heavy atom. The van der Waals surface area contributed by atoms with Gasteiger partial charge in [0.1, 0.15) is 5.25 Å². The quantitative estimate of drug-likeness (QED) is 0.607. The Bertz CT molecular complexity index is 341. The van der Waals surface area contributed by atoms with Gasteiger partial charge in [0.2, 0.25) is 5.91 Å². The number of sulfone groups is 1. The highest BCUT2D eigenvalue weighted by Crippen LogP contribution is 2.07. The predicted octanol–water partition coefficient (Wildman–Crippen LogP) is 0.691. The molecule has 0 heterocycles. The van der Waals surface area contributed by atoms with E-state index in [1.807, 2.05) is 0 Å². The Kier molecular flexibility index (Phi) is 8.18. The first-order chi connectivity index (χ1) is 8.35. The van der Waals surface area contributed by atoms with Crippen molar-refractivity contribution in [3.8, 4) is 0 Å². The van der Waals surface area contributed by atoms with Crippen LogP contribution in [0, 0.1) is 5.92 Å². The molecule has 2 atom stereocenters. The Labute approximate surface area is 110 Å². The average Bonchev–Trinajstić information content (AvgIpc) is 2.32. The minimum Gasteiger partial charge on any atom is -0.355 e. The van der Waals surface area contributed by atoms with Crippen LogP contribution < -0.4 is 11.1 Å². The van der Waals surface area contributed by atoms with E-state index in [4.69, 9.17) is 5.73 Å². The van der Waals surface area contributed by atoms with E-state index in [0.717, 1.165) is 19.3 Å². The number of hydrogen-bond donors (Lipinski definition) is 2. The van der Waals surface area contributed by atoms with Crippen molar-refractivity contribution < 1.29 is 13.2 Å². The van der Waals surface area contributed by atoms with Gasteiger partial charge in [0.05, 0.1) is 5.75 Å². The van der Waals surface area contributed by atoms with Crippen molar-refractivity contribution in [3.63, 3.8) is 0 Å². The minimum absolute atomic E-state index is 0.0347. The minimum atomic E-state index is -3.41. The first-order valence-corrected chi connectivity index (χ1v) is 8.26. The molecule has 0 rings (SSSR count). The maximum Gasteiger partial charge on any atom is 0.238 e. The van der Waals surface area contributed by atoms with Gasteiger partial charge in [0, 0.05) is 6.54 Å². The lowest BCUT2D eigenvalue weighted by atomic mass is 10.2. The van der Waals surface area contributed by atoms with Crippen LogP contribution in [-0.2, 0) is 14.6 Å². The molecule has 0 bridgehead atoms. The van der Waals surface area contributed by atoms with Gasteiger partial charge in [-0.3, -0.25) is 4.79 Å². The molecule has 3 N–H and O–H groups in total. The molecule has 0 aliphatic heterocycles. The van der Waals surface area contributed by atoms with Gasteiger partial charge in [-0.25, -0.2) is 8.42 Å². The second-order valence-corrected chi connectivity index (χ2v) is 7.18. The molecule has 108 valence electrons. The molecule has 0 aliphatic rings. The lowest BCUT2D eigenvalue weighted by Crippen LogP contribution is -2.40. The number of rotatable bonds is 9. The van der Waals surface area contributed by atoms with E-state index < -0.39 is 21.0 Å². The summed E-state index contributed by atoms with van der Waals surface area (Å²) in [6.45, 7) is 6.13. The maximum atomic E-state index is 11.9. The molecule has 5 nitrogen and oxygen atoms in total. The third kappa shape index (κ3) is 6.35. The Balaban J connectivity index is 4.26. The maximum absolute atomic E-state index is 11.9. The highest BCUT2D eigenvalue weighted by Gasteiger charge is 2.28. The second kappa shape index (κ2) is 8.48. The van der Waals surface area contributed by atoms with Gasteiger partial charge in [-0.05, 0) is 25.8 Å². The van der Waals surface area contributed by atoms with Crippen LogP contribution in [0.4, 0.5) is 0 Å². The standard InChI is InChI=1S/C12H26N2O3S/c1-4-5-6-7-14-12(15)11(3)18(16,17)9-10(2)8-13/h10-11H,4-9,13H2,1-3H3,(H,14,15). The number of amides is 1. The van der Waals surface area contributed by atoms with Crippen LogP contribution in [0.1, 0.15) is 40.0 Å². The predicted molar refractivity (Wildman–Crippen MR) is 74.0 cm³/mol. The van der Waals surface area contributed by atoms with E-state index in [1.54, 1.807) is 6.92 Å². The Morgan fingerprint density at radius 1 is 1.28 bits per heavy atom. The number of unbranched alkanes of at least 4 members (excludes halogenated alkanes) is 2. The average molecular weight is 278 g/mol. The summed E-state index contributed by atoms with van der Waals surface area (Å²) >= 11 is 0. The smallest absolute Gasteiger partial charge is 0.238 e. The fourth-order valence-corrected chi connectivity index (χ4v) is 3.13. The van der Waals surface area contributed by atoms with E-state index in [0.29, 0.717) is 13.1 Å². The van der Waals surface area contributed by atoms with Crippen molar-refractivity contribution in [2.24, 2.45) is 11.7 Å². The zero-order valence-corrected chi connectivity index (χ0v) is 12.4. The van der Waals surface area contributed by atoms with Crippen LogP contribution >= 0.6 is 0 Å². The SMILES string of the molecule is CCCCCNC(=O)C(C)S(=O)(=O)CC(C)CN. The molecule has 2 unspecified atom stereocenters. The molecule has 0 saturated heterocycles. The summed E-state index contributed by atoms with van der Waals surface area (Å²) in [6, 6.07) is 0. The van der Waals surface area contributed by atoms with Crippen molar-refractivity contribution in [3.05, 3.63) is 0 Å². The first kappa shape index (κ1) is 17.4. The lowest BCUT2D eigenvalue weighted by molar-refractivity contribution is -0.120. The van der Waals surface area contributed by atoms with E-state index in [1.165, 1.54) is 6.92 Å². The Hall–Kier alpha value is -0.620. The Morgan fingerprint density at radius 3 is 2.39 bits per heavy atom. The van der Waals surface area contributed by atoms with Gasteiger partial charge in [-0.15, -0.1) is 0 Å². The first-order valence-electron chi connectivity index (χ1n) is 6.54. The molecule has 6 heteroatoms. The number of nitrogens with one attached hydrogen (secondary N) is 1. The van der Waals surface area contributed by atoms with Crippen molar-refractivity contribution in [1.29, 1.82) is 0 Å². The van der Waals surface area contributed by atoms with Gasteiger partial charge >= 0.3 is 0 Å². The molecular weight excluding hydrogens is 252 g/mol. The van der Waals surface area contributed by atoms with Gasteiger partial charge in [-0.1, -0.05) is 26.7 Å². The van der Waals surface area contributed by atoms with Gasteiger partial charge in [-0.2, -0.15) is 0 Å². The van der Waals surface area contributed by atoms with Crippen molar-refractivity contribution >= 4 is 15.7 Å². The van der Waals surface area contributed by atoms with Gasteiger partial charge in [0.15, 0.2) is 9.84 Å². The largest absolute Gasteiger partial charge is 0.355 e. The summed E-state index contributed by atoms with van der Waals surface area (Å²) in [4.78, 5) is 11.7. The van der Waals surface area contributed by atoms with Crippen molar-refractivity contribution in [1.82, 2.24) is 5.32 Å². The molecule has 0 spiro atoms. The van der Waals surface area contributed by atoms with Crippen LogP contribution in [0.3, 0.4) is 0 Å². The monoisotopic (exact) mass is 278 g/mol. The molecule has 1 amide bonds. The molecule has 0 aromatic carbocycles. The van der Waals surface area contributed by atoms with Gasteiger partial charge < -0.3 is 11.1 Å².